The second kappa shape index (κ2) is 11.1. The molecule has 0 aliphatic rings. The number of nitrogens with zero attached hydrogens (tertiary/aromatic N) is 3. The zero-order valence-electron chi connectivity index (χ0n) is 21.4. The van der Waals surface area contributed by atoms with Gasteiger partial charge in [-0.3, -0.25) is 0 Å². The zero-order chi connectivity index (χ0) is 31.2. The summed E-state index contributed by atoms with van der Waals surface area (Å²) in [6.45, 7) is 0. The van der Waals surface area contributed by atoms with Gasteiger partial charge in [0.15, 0.2) is 23.1 Å². The summed E-state index contributed by atoms with van der Waals surface area (Å²) in [5, 5.41) is 6.10. The third kappa shape index (κ3) is 6.21. The summed E-state index contributed by atoms with van der Waals surface area (Å²) in [6, 6.07) is 23.0. The molecule has 9 nitrogen and oxygen atoms in total. The largest absolute Gasteiger partial charge is 0.390 e. The molecule has 0 fully saturated rings. The molecule has 17 heteroatoms. The van der Waals surface area contributed by atoms with Crippen LogP contribution in [0.3, 0.4) is 0 Å². The smallest absolute Gasteiger partial charge is 0.377 e. The van der Waals surface area contributed by atoms with Crippen LogP contribution >= 0.6 is 18.5 Å². The van der Waals surface area contributed by atoms with Crippen LogP contribution in [0.4, 0.5) is 17.6 Å². The van der Waals surface area contributed by atoms with Gasteiger partial charge in [-0.25, -0.2) is 9.67 Å². The lowest BCUT2D eigenvalue weighted by atomic mass is 10.1. The Bertz CT molecular complexity index is 2070. The van der Waals surface area contributed by atoms with Crippen molar-refractivity contribution in [1.29, 1.82) is 0 Å². The first-order valence-corrected chi connectivity index (χ1v) is 15.9. The summed E-state index contributed by atoms with van der Waals surface area (Å²) >= 11 is 0. The summed E-state index contributed by atoms with van der Waals surface area (Å²) in [7, 11) is -9.13. The van der Waals surface area contributed by atoms with Crippen molar-refractivity contribution in [2.24, 2.45) is 0 Å². The van der Waals surface area contributed by atoms with Gasteiger partial charge in [-0.1, -0.05) is 54.6 Å². The Labute approximate surface area is 247 Å². The Morgan fingerprint density at radius 2 is 1.14 bits per heavy atom. The SMILES string of the molecule is O=S(=O)(Oc1ccccc1-c1nc(-c2ccccc2OS(=O)(=O)C(F)(F)P)n(-c2ccc3ccccc3c2)n1)C(F)(F)P. The van der Waals surface area contributed by atoms with Crippen LogP contribution < -0.4 is 8.37 Å². The van der Waals surface area contributed by atoms with Gasteiger partial charge >= 0.3 is 30.2 Å². The van der Waals surface area contributed by atoms with E-state index in [0.29, 0.717) is 5.69 Å². The molecule has 43 heavy (non-hydrogen) atoms. The van der Waals surface area contributed by atoms with E-state index in [1.54, 1.807) is 24.3 Å². The summed E-state index contributed by atoms with van der Waals surface area (Å²) in [5.41, 5.74) is 0.169. The molecular weight excluding hydrogens is 652 g/mol. The molecule has 5 aromatic rings. The average Bonchev–Trinajstić information content (AvgIpc) is 3.37. The Kier molecular flexibility index (Phi) is 7.97. The normalized spacial score (nSPS) is 12.8. The van der Waals surface area contributed by atoms with E-state index in [4.69, 9.17) is 8.37 Å². The molecule has 224 valence electrons. The highest BCUT2D eigenvalue weighted by atomic mass is 32.2. The molecule has 1 aromatic heterocycles. The van der Waals surface area contributed by atoms with Crippen LogP contribution in [0.1, 0.15) is 0 Å². The topological polar surface area (TPSA) is 117 Å². The zero-order valence-corrected chi connectivity index (χ0v) is 25.4. The summed E-state index contributed by atoms with van der Waals surface area (Å²) in [6.07, 6.45) is 0. The van der Waals surface area contributed by atoms with Crippen molar-refractivity contribution in [3.8, 4) is 40.0 Å². The second-order valence-corrected chi connectivity index (χ2v) is 14.4. The number of aromatic nitrogens is 3. The van der Waals surface area contributed by atoms with Crippen molar-refractivity contribution in [2.75, 3.05) is 0 Å². The van der Waals surface area contributed by atoms with Crippen molar-refractivity contribution in [2.45, 2.75) is 9.99 Å². The van der Waals surface area contributed by atoms with Crippen LogP contribution in [0.5, 0.6) is 11.5 Å². The minimum atomic E-state index is -5.46. The van der Waals surface area contributed by atoms with Gasteiger partial charge in [-0.15, -0.1) is 5.10 Å². The van der Waals surface area contributed by atoms with Gasteiger partial charge in [-0.05, 0) is 65.7 Å². The molecule has 0 spiro atoms. The Hall–Kier alpha value is -3.64. The highest BCUT2D eigenvalue weighted by Gasteiger charge is 2.43. The second-order valence-electron chi connectivity index (χ2n) is 8.89. The maximum Gasteiger partial charge on any atom is 0.390 e. The van der Waals surface area contributed by atoms with Gasteiger partial charge in [0.2, 0.25) is 0 Å². The Balaban J connectivity index is 1.73. The van der Waals surface area contributed by atoms with E-state index in [9.17, 15) is 34.4 Å². The van der Waals surface area contributed by atoms with Crippen molar-refractivity contribution in [1.82, 2.24) is 14.8 Å². The predicted molar refractivity (Wildman–Crippen MR) is 158 cm³/mol. The first-order chi connectivity index (χ1) is 20.1. The van der Waals surface area contributed by atoms with Crippen LogP contribution in [0.25, 0.3) is 39.2 Å². The molecule has 0 aliphatic carbocycles. The Morgan fingerprint density at radius 3 is 1.72 bits per heavy atom. The molecule has 5 rings (SSSR count). The number of hydrogen-bond donors (Lipinski definition) is 0. The summed E-state index contributed by atoms with van der Waals surface area (Å²) in [5.74, 6) is -1.38. The molecule has 4 aromatic carbocycles. The molecule has 2 atom stereocenters. The van der Waals surface area contributed by atoms with Gasteiger partial charge < -0.3 is 8.37 Å². The van der Waals surface area contributed by atoms with Crippen LogP contribution in [0.15, 0.2) is 91.0 Å². The van der Waals surface area contributed by atoms with Gasteiger partial charge in [0.1, 0.15) is 0 Å². The fourth-order valence-electron chi connectivity index (χ4n) is 3.88. The third-order valence-electron chi connectivity index (χ3n) is 5.91. The van der Waals surface area contributed by atoms with E-state index in [0.717, 1.165) is 41.4 Å². The first-order valence-electron chi connectivity index (χ1n) is 11.9. The van der Waals surface area contributed by atoms with E-state index in [2.05, 4.69) is 10.1 Å². The molecule has 0 aliphatic heterocycles. The van der Waals surface area contributed by atoms with Crippen LogP contribution in [0.2, 0.25) is 0 Å². The molecule has 0 N–H and O–H groups in total. The molecule has 0 amide bonds. The van der Waals surface area contributed by atoms with E-state index in [1.165, 1.54) is 41.1 Å². The molecule has 0 bridgehead atoms. The molecule has 0 radical (unpaired) electrons. The fraction of sp³-hybridized carbons (Fsp3) is 0.0769. The number of alkyl halides is 4. The van der Waals surface area contributed by atoms with Crippen molar-refractivity contribution >= 4 is 49.5 Å². The molecular formula is C26H19F4N3O6P2S2. The van der Waals surface area contributed by atoms with Crippen molar-refractivity contribution < 1.29 is 42.8 Å². The van der Waals surface area contributed by atoms with Crippen molar-refractivity contribution in [3.63, 3.8) is 0 Å². The lowest BCUT2D eigenvalue weighted by Crippen LogP contribution is -2.26. The Morgan fingerprint density at radius 1 is 0.651 bits per heavy atom. The molecule has 0 saturated heterocycles. The fourth-order valence-corrected chi connectivity index (χ4v) is 5.16. The van der Waals surface area contributed by atoms with Crippen LogP contribution in [-0.2, 0) is 20.2 Å². The van der Waals surface area contributed by atoms with Gasteiger partial charge in [-0.2, -0.15) is 34.4 Å². The minimum Gasteiger partial charge on any atom is -0.377 e. The van der Waals surface area contributed by atoms with Gasteiger partial charge in [0, 0.05) is 0 Å². The number of halogens is 4. The van der Waals surface area contributed by atoms with Crippen LogP contribution in [0, 0.1) is 0 Å². The monoisotopic (exact) mass is 671 g/mol. The summed E-state index contributed by atoms with van der Waals surface area (Å²) in [4.78, 5) is -4.21. The maximum atomic E-state index is 13.8. The number of hydrogen-bond acceptors (Lipinski definition) is 8. The lowest BCUT2D eigenvalue weighted by molar-refractivity contribution is 0.181. The quantitative estimate of drug-likeness (QED) is 0.106. The highest BCUT2D eigenvalue weighted by Crippen LogP contribution is 2.39. The number of para-hydroxylation sites is 2. The van der Waals surface area contributed by atoms with E-state index in [1.807, 2.05) is 18.2 Å². The molecule has 1 heterocycles. The average molecular weight is 672 g/mol. The van der Waals surface area contributed by atoms with Crippen molar-refractivity contribution in [3.05, 3.63) is 91.0 Å². The standard InChI is InChI=1S/C26H19F4N3O6P2S2/c27-25(28,40)42(34,35)38-21-11-5-3-9-19(21)23-31-24(20-10-4-6-12-22(20)39-43(36,37)26(29,30)41)33(32-23)18-14-13-16-7-1-2-8-17(16)15-18/h1-15H,40-41H2. The number of benzene rings is 4. The van der Waals surface area contributed by atoms with Gasteiger partial charge in [0.05, 0.1) is 16.8 Å². The molecule has 2 unspecified atom stereocenters. The first kappa shape index (κ1) is 30.8. The highest BCUT2D eigenvalue weighted by molar-refractivity contribution is 7.92. The van der Waals surface area contributed by atoms with Gasteiger partial charge in [0.25, 0.3) is 0 Å². The third-order valence-corrected chi connectivity index (χ3v) is 9.77. The van der Waals surface area contributed by atoms with E-state index < -0.39 is 41.7 Å². The lowest BCUT2D eigenvalue weighted by Gasteiger charge is -2.15. The number of fused-ring (bicyclic) bond motifs is 1. The minimum absolute atomic E-state index is 0.0882. The maximum absolute atomic E-state index is 13.8. The number of rotatable bonds is 9. The van der Waals surface area contributed by atoms with Crippen LogP contribution in [-0.4, -0.2) is 41.6 Å². The van der Waals surface area contributed by atoms with E-state index in [-0.39, 0.29) is 22.8 Å². The van der Waals surface area contributed by atoms with E-state index >= 15 is 0 Å². The summed E-state index contributed by atoms with van der Waals surface area (Å²) < 4.78 is 114. The molecule has 0 saturated carbocycles. The predicted octanol–water partition coefficient (Wildman–Crippen LogP) is 6.02.